The van der Waals surface area contributed by atoms with Crippen LogP contribution in [0.15, 0.2) is 0 Å². The average Bonchev–Trinajstić information content (AvgIpc) is 2.30. The lowest BCUT2D eigenvalue weighted by Gasteiger charge is -2.21. The smallest absolute Gasteiger partial charge is 0.320 e. The topological polar surface area (TPSA) is 55.6 Å². The molecule has 1 fully saturated rings. The van der Waals surface area contributed by atoms with E-state index in [-0.39, 0.29) is 5.97 Å². The van der Waals surface area contributed by atoms with Crippen LogP contribution in [0.25, 0.3) is 0 Å². The molecule has 1 aliphatic heterocycles. The van der Waals surface area contributed by atoms with Crippen molar-refractivity contribution >= 4 is 5.97 Å². The molecule has 1 unspecified atom stereocenters. The number of carbonyl (C=O) groups is 1. The fraction of sp³-hybridized carbons (Fsp3) is 0.889. The summed E-state index contributed by atoms with van der Waals surface area (Å²) in [4.78, 5) is 13.2. The number of rotatable bonds is 3. The number of esters is 1. The molecule has 0 aromatic heterocycles. The molecule has 0 aliphatic carbocycles. The maximum absolute atomic E-state index is 11.1. The predicted molar refractivity (Wildman–Crippen MR) is 50.2 cm³/mol. The lowest BCUT2D eigenvalue weighted by atomic mass is 10.1. The van der Waals surface area contributed by atoms with Gasteiger partial charge in [0.05, 0.1) is 13.2 Å². The van der Waals surface area contributed by atoms with E-state index in [2.05, 4.69) is 11.8 Å². The molecule has 1 heterocycles. The van der Waals surface area contributed by atoms with Crippen molar-refractivity contribution in [2.75, 3.05) is 32.8 Å². The lowest BCUT2D eigenvalue weighted by Crippen LogP contribution is -2.35. The van der Waals surface area contributed by atoms with Crippen LogP contribution in [0.2, 0.25) is 0 Å². The minimum atomic E-state index is -0.110. The molecule has 1 aliphatic rings. The van der Waals surface area contributed by atoms with Gasteiger partial charge in [-0.3, -0.25) is 9.69 Å². The molecule has 0 bridgehead atoms. The molecule has 0 spiro atoms. The molecule has 2 N–H and O–H groups in total. The second kappa shape index (κ2) is 5.19. The summed E-state index contributed by atoms with van der Waals surface area (Å²) in [5.74, 6) is 0.340. The van der Waals surface area contributed by atoms with Crippen molar-refractivity contribution in [2.24, 2.45) is 11.7 Å². The second-order valence-corrected chi connectivity index (χ2v) is 3.65. The van der Waals surface area contributed by atoms with E-state index >= 15 is 0 Å². The summed E-state index contributed by atoms with van der Waals surface area (Å²) in [6.45, 7) is 5.58. The van der Waals surface area contributed by atoms with Crippen LogP contribution in [0.5, 0.6) is 0 Å². The van der Waals surface area contributed by atoms with Crippen LogP contribution in [0.3, 0.4) is 0 Å². The number of nitrogens with two attached hydrogens (primary N) is 1. The van der Waals surface area contributed by atoms with Gasteiger partial charge < -0.3 is 10.5 Å². The fourth-order valence-electron chi connectivity index (χ4n) is 1.45. The van der Waals surface area contributed by atoms with Crippen LogP contribution in [0, 0.1) is 5.92 Å². The van der Waals surface area contributed by atoms with Gasteiger partial charge >= 0.3 is 5.97 Å². The molecule has 13 heavy (non-hydrogen) atoms. The molecule has 0 aromatic rings. The van der Waals surface area contributed by atoms with Gasteiger partial charge in [-0.15, -0.1) is 0 Å². The predicted octanol–water partition coefficient (Wildman–Crippen LogP) is -0.170. The third-order valence-corrected chi connectivity index (χ3v) is 2.21. The van der Waals surface area contributed by atoms with Gasteiger partial charge in [-0.05, 0) is 18.9 Å². The largest absolute Gasteiger partial charge is 0.465 e. The highest BCUT2D eigenvalue weighted by Crippen LogP contribution is 2.03. The molecule has 1 saturated heterocycles. The normalized spacial score (nSPS) is 22.2. The number of nitrogens with zero attached hydrogens (tertiary/aromatic N) is 1. The number of cyclic esters (lactones) is 1. The Morgan fingerprint density at radius 1 is 1.69 bits per heavy atom. The number of hydrogen-bond acceptors (Lipinski definition) is 4. The van der Waals surface area contributed by atoms with E-state index in [1.165, 1.54) is 0 Å². The van der Waals surface area contributed by atoms with Crippen LogP contribution >= 0.6 is 0 Å². The molecule has 0 amide bonds. The summed E-state index contributed by atoms with van der Waals surface area (Å²) in [5.41, 5.74) is 5.52. The van der Waals surface area contributed by atoms with E-state index in [1.807, 2.05) is 0 Å². The minimum absolute atomic E-state index is 0.110. The zero-order valence-corrected chi connectivity index (χ0v) is 8.16. The van der Waals surface area contributed by atoms with E-state index in [9.17, 15) is 4.79 Å². The van der Waals surface area contributed by atoms with E-state index in [1.54, 1.807) is 0 Å². The molecule has 1 atom stereocenters. The van der Waals surface area contributed by atoms with Crippen molar-refractivity contribution in [3.63, 3.8) is 0 Å². The van der Waals surface area contributed by atoms with Crippen molar-refractivity contribution < 1.29 is 9.53 Å². The van der Waals surface area contributed by atoms with E-state index < -0.39 is 0 Å². The Morgan fingerprint density at radius 2 is 2.46 bits per heavy atom. The van der Waals surface area contributed by atoms with Crippen LogP contribution < -0.4 is 5.73 Å². The standard InChI is InChI=1S/C9H18N2O2/c1-8(5-10)6-11-3-2-4-13-9(12)7-11/h8H,2-7,10H2,1H3. The Hall–Kier alpha value is -0.610. The second-order valence-electron chi connectivity index (χ2n) is 3.65. The van der Waals surface area contributed by atoms with Crippen molar-refractivity contribution in [3.05, 3.63) is 0 Å². The maximum Gasteiger partial charge on any atom is 0.320 e. The molecule has 0 aromatic carbocycles. The van der Waals surface area contributed by atoms with E-state index in [4.69, 9.17) is 10.5 Å². The average molecular weight is 186 g/mol. The summed E-state index contributed by atoms with van der Waals surface area (Å²) in [6.07, 6.45) is 0.934. The van der Waals surface area contributed by atoms with Gasteiger partial charge in [0.1, 0.15) is 0 Å². The van der Waals surface area contributed by atoms with Gasteiger partial charge in [0.25, 0.3) is 0 Å². The Balaban J connectivity index is 2.34. The molecule has 0 saturated carbocycles. The summed E-state index contributed by atoms with van der Waals surface area (Å²) >= 11 is 0. The molecule has 76 valence electrons. The van der Waals surface area contributed by atoms with Crippen molar-refractivity contribution in [1.29, 1.82) is 0 Å². The highest BCUT2D eigenvalue weighted by atomic mass is 16.5. The van der Waals surface area contributed by atoms with E-state index in [0.29, 0.717) is 25.6 Å². The summed E-state index contributed by atoms with van der Waals surface area (Å²) in [6, 6.07) is 0. The first-order valence-corrected chi connectivity index (χ1v) is 4.80. The Morgan fingerprint density at radius 3 is 3.15 bits per heavy atom. The Kier molecular flexibility index (Phi) is 4.18. The van der Waals surface area contributed by atoms with Gasteiger partial charge in [-0.1, -0.05) is 6.92 Å². The number of carbonyl (C=O) groups excluding carboxylic acids is 1. The van der Waals surface area contributed by atoms with Crippen LogP contribution in [-0.4, -0.2) is 43.7 Å². The summed E-state index contributed by atoms with van der Waals surface area (Å²) in [5, 5.41) is 0. The van der Waals surface area contributed by atoms with Gasteiger partial charge in [0.2, 0.25) is 0 Å². The number of hydrogen-bond donors (Lipinski definition) is 1. The van der Waals surface area contributed by atoms with Crippen molar-refractivity contribution in [1.82, 2.24) is 4.90 Å². The summed E-state index contributed by atoms with van der Waals surface area (Å²) in [7, 11) is 0. The van der Waals surface area contributed by atoms with Crippen LogP contribution in [-0.2, 0) is 9.53 Å². The SMILES string of the molecule is CC(CN)CN1CCCOC(=O)C1. The maximum atomic E-state index is 11.1. The monoisotopic (exact) mass is 186 g/mol. The molecular weight excluding hydrogens is 168 g/mol. The van der Waals surface area contributed by atoms with E-state index in [0.717, 1.165) is 19.5 Å². The summed E-state index contributed by atoms with van der Waals surface area (Å²) < 4.78 is 4.94. The van der Waals surface area contributed by atoms with Gasteiger partial charge in [0, 0.05) is 13.1 Å². The molecule has 1 rings (SSSR count). The first-order valence-electron chi connectivity index (χ1n) is 4.80. The quantitative estimate of drug-likeness (QED) is 0.622. The zero-order valence-electron chi connectivity index (χ0n) is 8.16. The van der Waals surface area contributed by atoms with Crippen LogP contribution in [0.1, 0.15) is 13.3 Å². The Labute approximate surface area is 79.0 Å². The van der Waals surface area contributed by atoms with Gasteiger partial charge in [-0.2, -0.15) is 0 Å². The third-order valence-electron chi connectivity index (χ3n) is 2.21. The van der Waals surface area contributed by atoms with Gasteiger partial charge in [0.15, 0.2) is 0 Å². The van der Waals surface area contributed by atoms with Crippen molar-refractivity contribution in [3.8, 4) is 0 Å². The minimum Gasteiger partial charge on any atom is -0.465 e. The van der Waals surface area contributed by atoms with Crippen LogP contribution in [0.4, 0.5) is 0 Å². The highest BCUT2D eigenvalue weighted by Gasteiger charge is 2.17. The molecule has 4 heteroatoms. The molecular formula is C9H18N2O2. The third kappa shape index (κ3) is 3.74. The molecule has 4 nitrogen and oxygen atoms in total. The zero-order chi connectivity index (χ0) is 9.68. The van der Waals surface area contributed by atoms with Gasteiger partial charge in [-0.25, -0.2) is 0 Å². The highest BCUT2D eigenvalue weighted by molar-refractivity contribution is 5.71. The molecule has 0 radical (unpaired) electrons. The Bertz CT molecular complexity index is 173. The first-order chi connectivity index (χ1) is 6.22. The fourth-order valence-corrected chi connectivity index (χ4v) is 1.45. The lowest BCUT2D eigenvalue weighted by molar-refractivity contribution is -0.143. The number of ether oxygens (including phenoxy) is 1. The van der Waals surface area contributed by atoms with Crippen molar-refractivity contribution in [2.45, 2.75) is 13.3 Å². The first kappa shape index (κ1) is 10.5.